The van der Waals surface area contributed by atoms with E-state index < -0.39 is 0 Å². The van der Waals surface area contributed by atoms with Gasteiger partial charge in [0.1, 0.15) is 0 Å². The molecule has 0 saturated heterocycles. The highest BCUT2D eigenvalue weighted by atomic mass is 16.3. The molecule has 3 heteroatoms. The molecule has 0 radical (unpaired) electrons. The quantitative estimate of drug-likeness (QED) is 0.656. The maximum Gasteiger partial charge on any atom is 0.0629 e. The Labute approximate surface area is 124 Å². The first-order valence-corrected chi connectivity index (χ1v) is 8.23. The van der Waals surface area contributed by atoms with Crippen molar-refractivity contribution in [1.82, 2.24) is 9.78 Å². The first-order valence-electron chi connectivity index (χ1n) is 8.23. The normalized spacial score (nSPS) is 12.8. The summed E-state index contributed by atoms with van der Waals surface area (Å²) in [5.74, 6) is 0. The third kappa shape index (κ3) is 5.66. The zero-order valence-electron chi connectivity index (χ0n) is 13.8. The van der Waals surface area contributed by atoms with E-state index in [1.807, 2.05) is 18.7 Å². The maximum absolute atomic E-state index is 10.2. The molecule has 20 heavy (non-hydrogen) atoms. The first-order chi connectivity index (χ1) is 9.56. The number of nitrogens with zero attached hydrogens (tertiary/aromatic N) is 2. The molecule has 1 aromatic heterocycles. The molecular formula is C17H32N2O. The maximum atomic E-state index is 10.2. The van der Waals surface area contributed by atoms with Crippen molar-refractivity contribution < 1.29 is 5.11 Å². The van der Waals surface area contributed by atoms with Gasteiger partial charge >= 0.3 is 0 Å². The minimum absolute atomic E-state index is 0.216. The Hall–Kier alpha value is -0.830. The Bertz CT molecular complexity index is 385. The number of hydrogen-bond donors (Lipinski definition) is 1. The summed E-state index contributed by atoms with van der Waals surface area (Å²) < 4.78 is 1.91. The molecule has 1 rings (SSSR count). The van der Waals surface area contributed by atoms with Crippen molar-refractivity contribution in [2.24, 2.45) is 7.05 Å². The summed E-state index contributed by atoms with van der Waals surface area (Å²) in [6.07, 6.45) is 10.6. The van der Waals surface area contributed by atoms with Crippen LogP contribution >= 0.6 is 0 Å². The van der Waals surface area contributed by atoms with Crippen molar-refractivity contribution in [1.29, 1.82) is 0 Å². The number of aryl methyl sites for hydroxylation is 2. The third-order valence-corrected chi connectivity index (χ3v) is 4.24. The fourth-order valence-corrected chi connectivity index (χ4v) is 2.79. The summed E-state index contributed by atoms with van der Waals surface area (Å²) in [6.45, 7) is 6.36. The van der Waals surface area contributed by atoms with E-state index in [0.29, 0.717) is 0 Å². The van der Waals surface area contributed by atoms with E-state index in [2.05, 4.69) is 18.9 Å². The average Bonchev–Trinajstić information content (AvgIpc) is 2.64. The Balaban J connectivity index is 2.19. The molecular weight excluding hydrogens is 248 g/mol. The van der Waals surface area contributed by atoms with E-state index in [4.69, 9.17) is 0 Å². The summed E-state index contributed by atoms with van der Waals surface area (Å²) in [5.41, 5.74) is 3.47. The van der Waals surface area contributed by atoms with Crippen LogP contribution in [0.15, 0.2) is 0 Å². The summed E-state index contributed by atoms with van der Waals surface area (Å²) in [7, 11) is 1.97. The highest BCUT2D eigenvalue weighted by Gasteiger charge is 2.13. The second kappa shape index (κ2) is 9.17. The lowest BCUT2D eigenvalue weighted by Gasteiger charge is -2.11. The molecule has 0 fully saturated rings. The van der Waals surface area contributed by atoms with Gasteiger partial charge in [0.2, 0.25) is 0 Å². The van der Waals surface area contributed by atoms with Gasteiger partial charge in [0.15, 0.2) is 0 Å². The molecule has 0 bridgehead atoms. The second-order valence-electron chi connectivity index (χ2n) is 6.04. The molecule has 0 saturated carbocycles. The zero-order chi connectivity index (χ0) is 15.0. The summed E-state index contributed by atoms with van der Waals surface area (Å²) >= 11 is 0. The largest absolute Gasteiger partial charge is 0.393 e. The van der Waals surface area contributed by atoms with E-state index in [1.165, 1.54) is 49.8 Å². The zero-order valence-corrected chi connectivity index (χ0v) is 13.8. The molecule has 3 nitrogen and oxygen atoms in total. The molecule has 0 aliphatic heterocycles. The molecule has 1 heterocycles. The van der Waals surface area contributed by atoms with Gasteiger partial charge in [0.05, 0.1) is 11.8 Å². The van der Waals surface area contributed by atoms with Crippen LogP contribution in [0.25, 0.3) is 0 Å². The molecule has 0 spiro atoms. The molecule has 0 aliphatic carbocycles. The van der Waals surface area contributed by atoms with Gasteiger partial charge in [-0.2, -0.15) is 5.10 Å². The molecule has 1 unspecified atom stereocenters. The van der Waals surface area contributed by atoms with Crippen LogP contribution in [0.4, 0.5) is 0 Å². The molecule has 116 valence electrons. The Morgan fingerprint density at radius 1 is 1.05 bits per heavy atom. The number of unbranched alkanes of at least 4 members (excludes halogenated alkanes) is 6. The fraction of sp³-hybridized carbons (Fsp3) is 0.824. The van der Waals surface area contributed by atoms with E-state index in [1.54, 1.807) is 0 Å². The van der Waals surface area contributed by atoms with Crippen molar-refractivity contribution in [2.45, 2.75) is 84.7 Å². The van der Waals surface area contributed by atoms with Gasteiger partial charge in [0, 0.05) is 19.2 Å². The summed E-state index contributed by atoms with van der Waals surface area (Å²) in [4.78, 5) is 0. The van der Waals surface area contributed by atoms with Crippen LogP contribution in [0, 0.1) is 13.8 Å². The average molecular weight is 280 g/mol. The number of rotatable bonds is 10. The highest BCUT2D eigenvalue weighted by molar-refractivity contribution is 5.24. The molecule has 0 aliphatic rings. The van der Waals surface area contributed by atoms with Crippen molar-refractivity contribution in [3.8, 4) is 0 Å². The Morgan fingerprint density at radius 2 is 1.65 bits per heavy atom. The molecule has 1 aromatic rings. The van der Waals surface area contributed by atoms with Gasteiger partial charge < -0.3 is 5.11 Å². The van der Waals surface area contributed by atoms with Gasteiger partial charge in [-0.25, -0.2) is 0 Å². The van der Waals surface area contributed by atoms with Crippen LogP contribution < -0.4 is 0 Å². The van der Waals surface area contributed by atoms with Crippen LogP contribution in [0.2, 0.25) is 0 Å². The second-order valence-corrected chi connectivity index (χ2v) is 6.04. The monoisotopic (exact) mass is 280 g/mol. The topological polar surface area (TPSA) is 38.1 Å². The fourth-order valence-electron chi connectivity index (χ4n) is 2.79. The van der Waals surface area contributed by atoms with Crippen LogP contribution in [0.5, 0.6) is 0 Å². The van der Waals surface area contributed by atoms with E-state index in [-0.39, 0.29) is 6.10 Å². The van der Waals surface area contributed by atoms with Gasteiger partial charge in [0.25, 0.3) is 0 Å². The molecule has 1 atom stereocenters. The number of aromatic nitrogens is 2. The van der Waals surface area contributed by atoms with E-state index in [9.17, 15) is 5.11 Å². The number of hydrogen-bond acceptors (Lipinski definition) is 2. The SMILES string of the molecule is CCCCCCCCCC(O)Cc1c(C)nn(C)c1C. The predicted molar refractivity (Wildman–Crippen MR) is 85.0 cm³/mol. The van der Waals surface area contributed by atoms with Gasteiger partial charge in [-0.15, -0.1) is 0 Å². The number of aliphatic hydroxyl groups excluding tert-OH is 1. The van der Waals surface area contributed by atoms with Crippen LogP contribution in [0.3, 0.4) is 0 Å². The first kappa shape index (κ1) is 17.2. The Kier molecular flexibility index (Phi) is 7.90. The van der Waals surface area contributed by atoms with Crippen molar-refractivity contribution >= 4 is 0 Å². The minimum atomic E-state index is -0.216. The molecule has 0 amide bonds. The highest BCUT2D eigenvalue weighted by Crippen LogP contribution is 2.17. The van der Waals surface area contributed by atoms with E-state index >= 15 is 0 Å². The summed E-state index contributed by atoms with van der Waals surface area (Å²) in [5, 5.41) is 14.6. The van der Waals surface area contributed by atoms with Gasteiger partial charge in [-0.05, 0) is 25.8 Å². The van der Waals surface area contributed by atoms with E-state index in [0.717, 1.165) is 25.0 Å². The minimum Gasteiger partial charge on any atom is -0.393 e. The molecule has 1 N–H and O–H groups in total. The van der Waals surface area contributed by atoms with Crippen molar-refractivity contribution in [3.05, 3.63) is 17.0 Å². The van der Waals surface area contributed by atoms with Crippen LogP contribution in [-0.2, 0) is 13.5 Å². The lowest BCUT2D eigenvalue weighted by Crippen LogP contribution is -2.11. The summed E-state index contributed by atoms with van der Waals surface area (Å²) in [6, 6.07) is 0. The smallest absolute Gasteiger partial charge is 0.0629 e. The van der Waals surface area contributed by atoms with Crippen LogP contribution in [-0.4, -0.2) is 21.0 Å². The van der Waals surface area contributed by atoms with Crippen molar-refractivity contribution in [2.75, 3.05) is 0 Å². The van der Waals surface area contributed by atoms with Gasteiger partial charge in [-0.1, -0.05) is 51.9 Å². The Morgan fingerprint density at radius 3 is 2.20 bits per heavy atom. The lowest BCUT2D eigenvalue weighted by atomic mass is 10.0. The standard InChI is InChI=1S/C17H32N2O/c1-5-6-7-8-9-10-11-12-16(20)13-17-14(2)18-19(4)15(17)3/h16,20H,5-13H2,1-4H3. The van der Waals surface area contributed by atoms with Crippen LogP contribution in [0.1, 0.15) is 75.2 Å². The third-order valence-electron chi connectivity index (χ3n) is 4.24. The predicted octanol–water partition coefficient (Wildman–Crippen LogP) is 4.08. The molecule has 0 aromatic carbocycles. The van der Waals surface area contributed by atoms with Crippen molar-refractivity contribution in [3.63, 3.8) is 0 Å². The number of aliphatic hydroxyl groups is 1. The van der Waals surface area contributed by atoms with Gasteiger partial charge in [-0.3, -0.25) is 4.68 Å². The lowest BCUT2D eigenvalue weighted by molar-refractivity contribution is 0.160.